The SMILES string of the molecule is COCC[C@]1(CO)CCCN(Cc2cncn2C2CC2)C1. The molecule has 1 aliphatic carbocycles. The van der Waals surface area contributed by atoms with Crippen molar-refractivity contribution in [1.29, 1.82) is 0 Å². The van der Waals surface area contributed by atoms with Crippen LogP contribution < -0.4 is 0 Å². The Balaban J connectivity index is 1.63. The summed E-state index contributed by atoms with van der Waals surface area (Å²) in [6, 6.07) is 0.684. The minimum absolute atomic E-state index is 0.0126. The van der Waals surface area contributed by atoms with Crippen LogP contribution in [0, 0.1) is 5.41 Å². The summed E-state index contributed by atoms with van der Waals surface area (Å²) in [6.07, 6.45) is 9.75. The van der Waals surface area contributed by atoms with Crippen LogP contribution in [0.25, 0.3) is 0 Å². The summed E-state index contributed by atoms with van der Waals surface area (Å²) < 4.78 is 7.57. The summed E-state index contributed by atoms with van der Waals surface area (Å²) in [5, 5.41) is 9.87. The van der Waals surface area contributed by atoms with Gasteiger partial charge in [0.05, 0.1) is 18.6 Å². The topological polar surface area (TPSA) is 50.5 Å². The quantitative estimate of drug-likeness (QED) is 0.833. The van der Waals surface area contributed by atoms with E-state index < -0.39 is 0 Å². The number of methoxy groups -OCH3 is 1. The molecule has 0 amide bonds. The van der Waals surface area contributed by atoms with Crippen LogP contribution in [0.1, 0.15) is 43.8 Å². The maximum absolute atomic E-state index is 9.87. The average Bonchev–Trinajstić information content (AvgIpc) is 3.26. The highest BCUT2D eigenvalue weighted by molar-refractivity contribution is 5.04. The van der Waals surface area contributed by atoms with Gasteiger partial charge in [-0.25, -0.2) is 4.98 Å². The predicted octanol–water partition coefficient (Wildman–Crippen LogP) is 1.83. The monoisotopic (exact) mass is 293 g/mol. The number of likely N-dealkylation sites (tertiary alicyclic amines) is 1. The molecule has 0 aromatic carbocycles. The Kier molecular flexibility index (Phi) is 4.62. The van der Waals surface area contributed by atoms with Crippen LogP contribution in [0.5, 0.6) is 0 Å². The maximum atomic E-state index is 9.87. The van der Waals surface area contributed by atoms with E-state index in [4.69, 9.17) is 4.74 Å². The number of aromatic nitrogens is 2. The minimum atomic E-state index is 0.0126. The van der Waals surface area contributed by atoms with E-state index in [0.29, 0.717) is 6.04 Å². The lowest BCUT2D eigenvalue weighted by Gasteiger charge is -2.42. The normalized spacial score (nSPS) is 27.1. The van der Waals surface area contributed by atoms with E-state index in [2.05, 4.69) is 14.5 Å². The van der Waals surface area contributed by atoms with E-state index in [-0.39, 0.29) is 12.0 Å². The second-order valence-corrected chi connectivity index (χ2v) is 6.74. The van der Waals surface area contributed by atoms with Crippen molar-refractivity contribution in [2.24, 2.45) is 5.41 Å². The van der Waals surface area contributed by atoms with Gasteiger partial charge in [-0.1, -0.05) is 0 Å². The molecule has 2 fully saturated rings. The zero-order valence-corrected chi connectivity index (χ0v) is 13.0. The van der Waals surface area contributed by atoms with Gasteiger partial charge in [0.25, 0.3) is 0 Å². The number of hydrogen-bond acceptors (Lipinski definition) is 4. The van der Waals surface area contributed by atoms with Crippen molar-refractivity contribution in [3.05, 3.63) is 18.2 Å². The van der Waals surface area contributed by atoms with Gasteiger partial charge >= 0.3 is 0 Å². The number of piperidine rings is 1. The number of hydrogen-bond donors (Lipinski definition) is 1. The smallest absolute Gasteiger partial charge is 0.0951 e. The summed E-state index contributed by atoms with van der Waals surface area (Å²) in [7, 11) is 1.74. The highest BCUT2D eigenvalue weighted by atomic mass is 16.5. The van der Waals surface area contributed by atoms with Crippen LogP contribution in [-0.2, 0) is 11.3 Å². The summed E-state index contributed by atoms with van der Waals surface area (Å²) in [5.41, 5.74) is 1.33. The number of aliphatic hydroxyl groups is 1. The predicted molar refractivity (Wildman–Crippen MR) is 81.0 cm³/mol. The Hall–Kier alpha value is -0.910. The van der Waals surface area contributed by atoms with Crippen molar-refractivity contribution in [1.82, 2.24) is 14.5 Å². The first kappa shape index (κ1) is 15.0. The molecule has 3 rings (SSSR count). The van der Waals surface area contributed by atoms with Crippen molar-refractivity contribution < 1.29 is 9.84 Å². The molecule has 1 saturated carbocycles. The third kappa shape index (κ3) is 3.47. The zero-order valence-electron chi connectivity index (χ0n) is 13.0. The molecule has 0 radical (unpaired) electrons. The molecular weight excluding hydrogens is 266 g/mol. The first-order valence-corrected chi connectivity index (χ1v) is 8.09. The molecule has 0 bridgehead atoms. The van der Waals surface area contributed by atoms with Crippen LogP contribution in [0.4, 0.5) is 0 Å². The largest absolute Gasteiger partial charge is 0.396 e. The molecule has 1 aliphatic heterocycles. The number of rotatable bonds is 7. The van der Waals surface area contributed by atoms with E-state index in [9.17, 15) is 5.11 Å². The first-order valence-electron chi connectivity index (χ1n) is 8.09. The fourth-order valence-corrected chi connectivity index (χ4v) is 3.54. The number of imidazole rings is 1. The van der Waals surface area contributed by atoms with Crippen molar-refractivity contribution in [3.63, 3.8) is 0 Å². The summed E-state index contributed by atoms with van der Waals surface area (Å²) >= 11 is 0. The van der Waals surface area contributed by atoms with Gasteiger partial charge in [-0.3, -0.25) is 4.90 Å². The number of nitrogens with zero attached hydrogens (tertiary/aromatic N) is 3. The standard InChI is InChI=1S/C16H27N3O2/c1-21-8-6-16(12-20)5-2-7-18(11-16)10-15-9-17-13-19(15)14-3-4-14/h9,13-14,20H,2-8,10-12H2,1H3/t16-/m1/s1. The lowest BCUT2D eigenvalue weighted by molar-refractivity contribution is 0.00405. The molecule has 1 atom stereocenters. The molecule has 2 aliphatic rings. The third-order valence-corrected chi connectivity index (χ3v) is 4.98. The Bertz CT molecular complexity index is 458. The molecule has 5 nitrogen and oxygen atoms in total. The van der Waals surface area contributed by atoms with Gasteiger partial charge in [-0.05, 0) is 38.6 Å². The van der Waals surface area contributed by atoms with Gasteiger partial charge in [0.1, 0.15) is 0 Å². The molecule has 1 saturated heterocycles. The summed E-state index contributed by atoms with van der Waals surface area (Å²) in [4.78, 5) is 6.80. The average molecular weight is 293 g/mol. The van der Waals surface area contributed by atoms with Gasteiger partial charge in [-0.15, -0.1) is 0 Å². The molecule has 0 spiro atoms. The highest BCUT2D eigenvalue weighted by Crippen LogP contribution is 2.37. The minimum Gasteiger partial charge on any atom is -0.396 e. The first-order chi connectivity index (χ1) is 10.3. The second-order valence-electron chi connectivity index (χ2n) is 6.74. The summed E-state index contributed by atoms with van der Waals surface area (Å²) in [5.74, 6) is 0. The van der Waals surface area contributed by atoms with Gasteiger partial charge in [-0.2, -0.15) is 0 Å². The van der Waals surface area contributed by atoms with Crippen molar-refractivity contribution in [3.8, 4) is 0 Å². The highest BCUT2D eigenvalue weighted by Gasteiger charge is 2.35. The molecule has 1 N–H and O–H groups in total. The number of ether oxygens (including phenoxy) is 1. The van der Waals surface area contributed by atoms with Crippen molar-refractivity contribution in [2.75, 3.05) is 33.4 Å². The van der Waals surface area contributed by atoms with Crippen LogP contribution in [-0.4, -0.2) is 53.0 Å². The van der Waals surface area contributed by atoms with E-state index in [1.165, 1.54) is 18.5 Å². The third-order valence-electron chi connectivity index (χ3n) is 4.98. The molecule has 118 valence electrons. The fraction of sp³-hybridized carbons (Fsp3) is 0.812. The van der Waals surface area contributed by atoms with E-state index in [0.717, 1.165) is 45.5 Å². The van der Waals surface area contributed by atoms with Crippen LogP contribution >= 0.6 is 0 Å². The van der Waals surface area contributed by atoms with Gasteiger partial charge in [0.2, 0.25) is 0 Å². The lowest BCUT2D eigenvalue weighted by Crippen LogP contribution is -2.45. The summed E-state index contributed by atoms with van der Waals surface area (Å²) in [6.45, 7) is 4.02. The van der Waals surface area contributed by atoms with Crippen LogP contribution in [0.15, 0.2) is 12.5 Å². The fourth-order valence-electron chi connectivity index (χ4n) is 3.54. The lowest BCUT2D eigenvalue weighted by atomic mass is 9.78. The molecular formula is C16H27N3O2. The van der Waals surface area contributed by atoms with Crippen LogP contribution in [0.3, 0.4) is 0 Å². The van der Waals surface area contributed by atoms with Gasteiger partial charge in [0.15, 0.2) is 0 Å². The van der Waals surface area contributed by atoms with Crippen LogP contribution in [0.2, 0.25) is 0 Å². The Labute approximate surface area is 126 Å². The van der Waals surface area contributed by atoms with E-state index in [1.54, 1.807) is 7.11 Å². The molecule has 5 heteroatoms. The van der Waals surface area contributed by atoms with Gasteiger partial charge in [0, 0.05) is 44.5 Å². The Morgan fingerprint density at radius 1 is 1.48 bits per heavy atom. The Morgan fingerprint density at radius 3 is 3.05 bits per heavy atom. The van der Waals surface area contributed by atoms with E-state index >= 15 is 0 Å². The molecule has 1 aromatic rings. The van der Waals surface area contributed by atoms with Crippen molar-refractivity contribution in [2.45, 2.75) is 44.7 Å². The van der Waals surface area contributed by atoms with Gasteiger partial charge < -0.3 is 14.4 Å². The molecule has 2 heterocycles. The zero-order chi connectivity index (χ0) is 14.7. The molecule has 0 unspecified atom stereocenters. The molecule has 21 heavy (non-hydrogen) atoms. The van der Waals surface area contributed by atoms with E-state index in [1.807, 2.05) is 12.5 Å². The second kappa shape index (κ2) is 6.46. The molecule has 1 aromatic heterocycles. The maximum Gasteiger partial charge on any atom is 0.0951 e. The Morgan fingerprint density at radius 2 is 2.33 bits per heavy atom. The number of aliphatic hydroxyl groups excluding tert-OH is 1. The van der Waals surface area contributed by atoms with Crippen molar-refractivity contribution >= 4 is 0 Å².